The van der Waals surface area contributed by atoms with Crippen LogP contribution in [0.4, 0.5) is 0 Å². The molecule has 3 nitrogen and oxygen atoms in total. The van der Waals surface area contributed by atoms with Crippen LogP contribution in [0.5, 0.6) is 11.5 Å². The first-order valence-electron chi connectivity index (χ1n) is 11.3. The van der Waals surface area contributed by atoms with E-state index in [9.17, 15) is 0 Å². The van der Waals surface area contributed by atoms with Crippen LogP contribution >= 0.6 is 23.2 Å². The van der Waals surface area contributed by atoms with Crippen LogP contribution in [0.3, 0.4) is 0 Å². The summed E-state index contributed by atoms with van der Waals surface area (Å²) in [5.74, 6) is 1.87. The monoisotopic (exact) mass is 486 g/mol. The first kappa shape index (κ1) is 25.4. The fraction of sp³-hybridized carbons (Fsp3) is 0.357. The number of rotatable bonds is 9. The zero-order chi connectivity index (χ0) is 24.1. The zero-order valence-corrected chi connectivity index (χ0v) is 22.0. The van der Waals surface area contributed by atoms with Gasteiger partial charge < -0.3 is 14.4 Å². The Bertz CT molecular complexity index is 1070. The van der Waals surface area contributed by atoms with Crippen molar-refractivity contribution in [1.29, 1.82) is 0 Å². The molecule has 0 aliphatic heterocycles. The summed E-state index contributed by atoms with van der Waals surface area (Å²) in [6, 6.07) is 14.6. The highest BCUT2D eigenvalue weighted by Gasteiger charge is 2.17. The van der Waals surface area contributed by atoms with Gasteiger partial charge in [-0.1, -0.05) is 29.3 Å². The Morgan fingerprint density at radius 2 is 1.18 bits per heavy atom. The molecule has 0 aliphatic rings. The lowest BCUT2D eigenvalue weighted by molar-refractivity contribution is -0.927. The van der Waals surface area contributed by atoms with Crippen LogP contribution in [0.25, 0.3) is 0 Å². The van der Waals surface area contributed by atoms with Crippen LogP contribution in [-0.4, -0.2) is 20.8 Å². The van der Waals surface area contributed by atoms with Crippen molar-refractivity contribution in [2.75, 3.05) is 20.8 Å². The number of ether oxygens (including phenoxy) is 2. The number of nitrogens with one attached hydrogen (secondary N) is 1. The fourth-order valence-corrected chi connectivity index (χ4v) is 4.84. The van der Waals surface area contributed by atoms with E-state index >= 15 is 0 Å². The SMILES string of the molecule is COc1cc(C)c(C[NH+](CCc2ccc(Cl)cc2Cl)Cc2cc(C)c(OC)cc2C)cc1C. The fourth-order valence-electron chi connectivity index (χ4n) is 4.33. The molecule has 5 heteroatoms. The van der Waals surface area contributed by atoms with Gasteiger partial charge in [-0.05, 0) is 91.9 Å². The summed E-state index contributed by atoms with van der Waals surface area (Å²) >= 11 is 12.6. The minimum atomic E-state index is 0.668. The minimum Gasteiger partial charge on any atom is -0.496 e. The molecule has 0 bridgehead atoms. The van der Waals surface area contributed by atoms with E-state index in [4.69, 9.17) is 32.7 Å². The predicted octanol–water partition coefficient (Wildman–Crippen LogP) is 6.07. The van der Waals surface area contributed by atoms with Crippen LogP contribution in [0.1, 0.15) is 38.9 Å². The normalized spacial score (nSPS) is 11.2. The van der Waals surface area contributed by atoms with E-state index in [1.807, 2.05) is 18.2 Å². The summed E-state index contributed by atoms with van der Waals surface area (Å²) in [7, 11) is 3.45. The largest absolute Gasteiger partial charge is 0.496 e. The van der Waals surface area contributed by atoms with Crippen LogP contribution in [-0.2, 0) is 19.5 Å². The molecule has 0 spiro atoms. The number of hydrogen-bond donors (Lipinski definition) is 1. The smallest absolute Gasteiger partial charge is 0.122 e. The molecule has 0 radical (unpaired) electrons. The molecule has 1 N–H and O–H groups in total. The van der Waals surface area contributed by atoms with Crippen LogP contribution in [0, 0.1) is 27.7 Å². The molecular weight excluding hydrogens is 453 g/mol. The van der Waals surface area contributed by atoms with Crippen molar-refractivity contribution in [1.82, 2.24) is 0 Å². The Morgan fingerprint density at radius 3 is 1.64 bits per heavy atom. The van der Waals surface area contributed by atoms with Crippen LogP contribution in [0.2, 0.25) is 10.0 Å². The maximum absolute atomic E-state index is 6.47. The molecule has 0 atom stereocenters. The minimum absolute atomic E-state index is 0.668. The second-order valence-electron chi connectivity index (χ2n) is 8.84. The van der Waals surface area contributed by atoms with Crippen molar-refractivity contribution < 1.29 is 14.4 Å². The van der Waals surface area contributed by atoms with Gasteiger partial charge >= 0.3 is 0 Å². The van der Waals surface area contributed by atoms with Gasteiger partial charge in [0.2, 0.25) is 0 Å². The molecule has 0 heterocycles. The van der Waals surface area contributed by atoms with Gasteiger partial charge in [0.1, 0.15) is 24.6 Å². The van der Waals surface area contributed by atoms with E-state index in [0.717, 1.165) is 59.3 Å². The predicted molar refractivity (Wildman–Crippen MR) is 138 cm³/mol. The van der Waals surface area contributed by atoms with Crippen molar-refractivity contribution in [3.05, 3.63) is 91.5 Å². The highest BCUT2D eigenvalue weighted by atomic mass is 35.5. The first-order valence-corrected chi connectivity index (χ1v) is 12.0. The van der Waals surface area contributed by atoms with Crippen molar-refractivity contribution >= 4 is 23.2 Å². The summed E-state index contributed by atoms with van der Waals surface area (Å²) in [6.07, 6.45) is 0.883. The van der Waals surface area contributed by atoms with E-state index in [2.05, 4.69) is 52.0 Å². The van der Waals surface area contributed by atoms with Crippen molar-refractivity contribution in [3.8, 4) is 11.5 Å². The Labute approximate surface area is 208 Å². The lowest BCUT2D eigenvalue weighted by atomic mass is 10.0. The highest BCUT2D eigenvalue weighted by Crippen LogP contribution is 2.24. The number of hydrogen-bond acceptors (Lipinski definition) is 2. The molecule has 0 saturated heterocycles. The lowest BCUT2D eigenvalue weighted by Gasteiger charge is -2.23. The molecule has 0 saturated carbocycles. The molecule has 0 aromatic heterocycles. The summed E-state index contributed by atoms with van der Waals surface area (Å²) in [6.45, 7) is 11.3. The van der Waals surface area contributed by atoms with Crippen molar-refractivity contribution in [2.45, 2.75) is 47.2 Å². The van der Waals surface area contributed by atoms with Gasteiger partial charge in [0, 0.05) is 27.6 Å². The number of halogens is 2. The Kier molecular flexibility index (Phi) is 8.69. The van der Waals surface area contributed by atoms with Gasteiger partial charge in [0.05, 0.1) is 20.8 Å². The molecule has 0 unspecified atom stereocenters. The standard InChI is InChI=1S/C28H33Cl2NO2/c1-18-13-27(32-5)20(3)11-23(18)16-31(10-9-22-7-8-25(29)15-26(22)30)17-24-12-21(4)28(33-6)14-19(24)2/h7-8,11-15H,9-10,16-17H2,1-6H3/p+1. The van der Waals surface area contributed by atoms with Crippen LogP contribution in [0.15, 0.2) is 42.5 Å². The molecule has 33 heavy (non-hydrogen) atoms. The summed E-state index contributed by atoms with van der Waals surface area (Å²) in [4.78, 5) is 1.47. The van der Waals surface area contributed by atoms with E-state index in [0.29, 0.717) is 5.02 Å². The van der Waals surface area contributed by atoms with Crippen molar-refractivity contribution in [3.63, 3.8) is 0 Å². The van der Waals surface area contributed by atoms with Gasteiger partial charge in [0.15, 0.2) is 0 Å². The van der Waals surface area contributed by atoms with E-state index in [1.54, 1.807) is 14.2 Å². The molecule has 3 aromatic carbocycles. The van der Waals surface area contributed by atoms with E-state index < -0.39 is 0 Å². The second-order valence-corrected chi connectivity index (χ2v) is 9.68. The maximum Gasteiger partial charge on any atom is 0.122 e. The number of methoxy groups -OCH3 is 2. The molecule has 3 aromatic rings. The third-order valence-electron chi connectivity index (χ3n) is 6.35. The Morgan fingerprint density at radius 1 is 0.667 bits per heavy atom. The molecule has 0 amide bonds. The van der Waals surface area contributed by atoms with Gasteiger partial charge in [-0.3, -0.25) is 0 Å². The Balaban J connectivity index is 1.89. The lowest BCUT2D eigenvalue weighted by Crippen LogP contribution is -3.09. The Hall–Kier alpha value is -2.20. The zero-order valence-electron chi connectivity index (χ0n) is 20.4. The third kappa shape index (κ3) is 6.44. The average Bonchev–Trinajstić information content (AvgIpc) is 2.77. The third-order valence-corrected chi connectivity index (χ3v) is 6.94. The molecular formula is C28H34Cl2NO2+. The highest BCUT2D eigenvalue weighted by molar-refractivity contribution is 6.35. The van der Waals surface area contributed by atoms with Crippen LogP contribution < -0.4 is 14.4 Å². The van der Waals surface area contributed by atoms with Crippen molar-refractivity contribution in [2.24, 2.45) is 0 Å². The quantitative estimate of drug-likeness (QED) is 0.396. The van der Waals surface area contributed by atoms with Gasteiger partial charge in [0.25, 0.3) is 0 Å². The topological polar surface area (TPSA) is 22.9 Å². The molecule has 3 rings (SSSR count). The average molecular weight is 487 g/mol. The van der Waals surface area contributed by atoms with E-state index in [1.165, 1.54) is 27.2 Å². The molecule has 0 fully saturated rings. The van der Waals surface area contributed by atoms with Gasteiger partial charge in [-0.2, -0.15) is 0 Å². The maximum atomic E-state index is 6.47. The first-order chi connectivity index (χ1) is 15.7. The molecule has 0 aliphatic carbocycles. The number of quaternary nitrogens is 1. The summed E-state index contributed by atoms with van der Waals surface area (Å²) in [5, 5.41) is 1.40. The van der Waals surface area contributed by atoms with Gasteiger partial charge in [-0.25, -0.2) is 0 Å². The number of benzene rings is 3. The summed E-state index contributed by atoms with van der Waals surface area (Å²) in [5.41, 5.74) is 8.64. The van der Waals surface area contributed by atoms with E-state index in [-0.39, 0.29) is 0 Å². The molecule has 176 valence electrons. The number of aryl methyl sites for hydroxylation is 4. The summed E-state index contributed by atoms with van der Waals surface area (Å²) < 4.78 is 11.0. The van der Waals surface area contributed by atoms with Gasteiger partial charge in [-0.15, -0.1) is 0 Å². The second kappa shape index (κ2) is 11.3.